The first-order valence-electron chi connectivity index (χ1n) is 6.84. The van der Waals surface area contributed by atoms with Gasteiger partial charge in [-0.15, -0.1) is 0 Å². The first kappa shape index (κ1) is 15.5. The van der Waals surface area contributed by atoms with E-state index in [9.17, 15) is 4.79 Å². The smallest absolute Gasteiger partial charge is 0.246 e. The maximum Gasteiger partial charge on any atom is 0.246 e. The molecule has 0 heterocycles. The van der Waals surface area contributed by atoms with Gasteiger partial charge in [0.2, 0.25) is 5.91 Å². The number of amides is 1. The third kappa shape index (κ3) is 4.05. The molecule has 0 spiro atoms. The van der Waals surface area contributed by atoms with Crippen molar-refractivity contribution in [2.75, 3.05) is 7.05 Å². The van der Waals surface area contributed by atoms with Gasteiger partial charge in [-0.3, -0.25) is 4.79 Å². The van der Waals surface area contributed by atoms with Crippen LogP contribution in [0.2, 0.25) is 0 Å². The lowest BCUT2D eigenvalue weighted by Crippen LogP contribution is -2.27. The summed E-state index contributed by atoms with van der Waals surface area (Å²) in [6, 6.07) is 17.9. The van der Waals surface area contributed by atoms with E-state index in [0.29, 0.717) is 0 Å². The first-order chi connectivity index (χ1) is 10.1. The summed E-state index contributed by atoms with van der Waals surface area (Å²) in [5.74, 6) is -0.0119. The molecule has 21 heavy (non-hydrogen) atoms. The Morgan fingerprint density at radius 3 is 2.38 bits per heavy atom. The van der Waals surface area contributed by atoms with Crippen molar-refractivity contribution in [3.8, 4) is 0 Å². The number of carbonyl (C=O) groups excluding carboxylic acids is 1. The standard InChI is InChI=1S/C18H18BrNO/c1-14(15-8-4-3-5-9-15)20(2)18(21)13-12-16-10-6-7-11-17(16)19/h3-14H,1-2H3/b13-12+. The van der Waals surface area contributed by atoms with Gasteiger partial charge in [0.1, 0.15) is 0 Å². The highest BCUT2D eigenvalue weighted by atomic mass is 79.9. The van der Waals surface area contributed by atoms with Crippen LogP contribution < -0.4 is 0 Å². The molecule has 0 saturated heterocycles. The van der Waals surface area contributed by atoms with Gasteiger partial charge in [0, 0.05) is 17.6 Å². The van der Waals surface area contributed by atoms with E-state index in [-0.39, 0.29) is 11.9 Å². The summed E-state index contributed by atoms with van der Waals surface area (Å²) in [7, 11) is 1.82. The van der Waals surface area contributed by atoms with Gasteiger partial charge in [0.25, 0.3) is 0 Å². The molecular weight excluding hydrogens is 326 g/mol. The molecule has 0 aliphatic carbocycles. The molecule has 0 saturated carbocycles. The molecule has 0 aliphatic rings. The molecule has 2 aromatic rings. The zero-order valence-electron chi connectivity index (χ0n) is 12.2. The zero-order valence-corrected chi connectivity index (χ0v) is 13.7. The number of hydrogen-bond donors (Lipinski definition) is 0. The topological polar surface area (TPSA) is 20.3 Å². The summed E-state index contributed by atoms with van der Waals surface area (Å²) in [5, 5.41) is 0. The van der Waals surface area contributed by atoms with Gasteiger partial charge < -0.3 is 4.90 Å². The molecule has 0 aromatic heterocycles. The molecule has 0 bridgehead atoms. The predicted molar refractivity (Wildman–Crippen MR) is 90.8 cm³/mol. The van der Waals surface area contributed by atoms with Crippen LogP contribution in [0.5, 0.6) is 0 Å². The second-order valence-electron chi connectivity index (χ2n) is 4.89. The van der Waals surface area contributed by atoms with Crippen LogP contribution in [0.3, 0.4) is 0 Å². The average Bonchev–Trinajstić information content (AvgIpc) is 2.53. The van der Waals surface area contributed by atoms with Crippen molar-refractivity contribution in [1.29, 1.82) is 0 Å². The summed E-state index contributed by atoms with van der Waals surface area (Å²) in [6.07, 6.45) is 3.44. The maximum atomic E-state index is 12.3. The summed E-state index contributed by atoms with van der Waals surface area (Å²) in [6.45, 7) is 2.03. The fourth-order valence-corrected chi connectivity index (χ4v) is 2.45. The molecule has 2 aromatic carbocycles. The molecule has 1 unspecified atom stereocenters. The first-order valence-corrected chi connectivity index (χ1v) is 7.63. The van der Waals surface area contributed by atoms with Crippen molar-refractivity contribution in [1.82, 2.24) is 4.90 Å². The lowest BCUT2D eigenvalue weighted by atomic mass is 10.1. The van der Waals surface area contributed by atoms with E-state index in [1.807, 2.05) is 74.6 Å². The number of rotatable bonds is 4. The van der Waals surface area contributed by atoms with Crippen molar-refractivity contribution in [2.45, 2.75) is 13.0 Å². The third-order valence-corrected chi connectivity index (χ3v) is 4.24. The maximum absolute atomic E-state index is 12.3. The normalized spacial score (nSPS) is 12.3. The van der Waals surface area contributed by atoms with E-state index in [0.717, 1.165) is 15.6 Å². The second-order valence-corrected chi connectivity index (χ2v) is 5.74. The molecule has 0 fully saturated rings. The van der Waals surface area contributed by atoms with Crippen LogP contribution in [0.1, 0.15) is 24.1 Å². The van der Waals surface area contributed by atoms with Gasteiger partial charge in [0.05, 0.1) is 6.04 Å². The zero-order chi connectivity index (χ0) is 15.2. The van der Waals surface area contributed by atoms with Gasteiger partial charge in [-0.2, -0.15) is 0 Å². The Kier molecular flexibility index (Phi) is 5.34. The fourth-order valence-electron chi connectivity index (χ4n) is 2.03. The molecule has 0 N–H and O–H groups in total. The van der Waals surface area contributed by atoms with Gasteiger partial charge in [-0.1, -0.05) is 64.5 Å². The lowest BCUT2D eigenvalue weighted by Gasteiger charge is -2.24. The molecule has 0 radical (unpaired) electrons. The predicted octanol–water partition coefficient (Wildman–Crippen LogP) is 4.68. The van der Waals surface area contributed by atoms with Crippen LogP contribution in [0.15, 0.2) is 65.1 Å². The number of hydrogen-bond acceptors (Lipinski definition) is 1. The minimum absolute atomic E-state index is 0.0119. The highest BCUT2D eigenvalue weighted by molar-refractivity contribution is 9.10. The van der Waals surface area contributed by atoms with E-state index in [1.54, 1.807) is 11.0 Å². The Hall–Kier alpha value is -1.87. The molecule has 3 heteroatoms. The van der Waals surface area contributed by atoms with Crippen LogP contribution in [0.4, 0.5) is 0 Å². The Bertz CT molecular complexity index is 637. The Morgan fingerprint density at radius 2 is 1.71 bits per heavy atom. The largest absolute Gasteiger partial charge is 0.335 e. The molecule has 2 nitrogen and oxygen atoms in total. The molecule has 2 rings (SSSR count). The van der Waals surface area contributed by atoms with Crippen molar-refractivity contribution < 1.29 is 4.79 Å². The SMILES string of the molecule is CC(c1ccccc1)N(C)C(=O)/C=C/c1ccccc1Br. The Morgan fingerprint density at radius 1 is 1.10 bits per heavy atom. The molecule has 108 valence electrons. The highest BCUT2D eigenvalue weighted by Crippen LogP contribution is 2.20. The number of nitrogens with zero attached hydrogens (tertiary/aromatic N) is 1. The van der Waals surface area contributed by atoms with Crippen molar-refractivity contribution in [3.05, 3.63) is 76.3 Å². The Balaban J connectivity index is 2.08. The van der Waals surface area contributed by atoms with E-state index in [2.05, 4.69) is 15.9 Å². The minimum Gasteiger partial charge on any atom is -0.335 e. The van der Waals surface area contributed by atoms with Crippen LogP contribution >= 0.6 is 15.9 Å². The van der Waals surface area contributed by atoms with E-state index in [1.165, 1.54) is 0 Å². The number of carbonyl (C=O) groups is 1. The molecule has 0 aliphatic heterocycles. The molecule has 1 atom stereocenters. The van der Waals surface area contributed by atoms with Crippen LogP contribution in [-0.4, -0.2) is 17.9 Å². The molecular formula is C18H18BrNO. The average molecular weight is 344 g/mol. The van der Waals surface area contributed by atoms with Crippen LogP contribution in [-0.2, 0) is 4.79 Å². The number of halogens is 1. The van der Waals surface area contributed by atoms with E-state index < -0.39 is 0 Å². The van der Waals surface area contributed by atoms with Gasteiger partial charge in [-0.25, -0.2) is 0 Å². The minimum atomic E-state index is -0.0119. The summed E-state index contributed by atoms with van der Waals surface area (Å²) in [5.41, 5.74) is 2.12. The van der Waals surface area contributed by atoms with Crippen LogP contribution in [0, 0.1) is 0 Å². The molecule has 1 amide bonds. The third-order valence-electron chi connectivity index (χ3n) is 3.52. The van der Waals surface area contributed by atoms with Crippen LogP contribution in [0.25, 0.3) is 6.08 Å². The number of benzene rings is 2. The van der Waals surface area contributed by atoms with Gasteiger partial charge >= 0.3 is 0 Å². The monoisotopic (exact) mass is 343 g/mol. The second kappa shape index (κ2) is 7.23. The highest BCUT2D eigenvalue weighted by Gasteiger charge is 2.14. The fraction of sp³-hybridized carbons (Fsp3) is 0.167. The van der Waals surface area contributed by atoms with Crippen molar-refractivity contribution in [2.24, 2.45) is 0 Å². The van der Waals surface area contributed by atoms with Gasteiger partial charge in [0.15, 0.2) is 0 Å². The Labute approximate surface area is 134 Å². The quantitative estimate of drug-likeness (QED) is 0.738. The lowest BCUT2D eigenvalue weighted by molar-refractivity contribution is -0.126. The number of likely N-dealkylation sites (N-methyl/N-ethyl adjacent to an activating group) is 1. The van der Waals surface area contributed by atoms with Crippen molar-refractivity contribution >= 4 is 27.9 Å². The van der Waals surface area contributed by atoms with E-state index in [4.69, 9.17) is 0 Å². The summed E-state index contributed by atoms with van der Waals surface area (Å²) < 4.78 is 0.979. The van der Waals surface area contributed by atoms with E-state index >= 15 is 0 Å². The summed E-state index contributed by atoms with van der Waals surface area (Å²) in [4.78, 5) is 14.0. The summed E-state index contributed by atoms with van der Waals surface area (Å²) >= 11 is 3.47. The van der Waals surface area contributed by atoms with Crippen molar-refractivity contribution in [3.63, 3.8) is 0 Å². The van der Waals surface area contributed by atoms with Gasteiger partial charge in [-0.05, 0) is 30.2 Å².